The van der Waals surface area contributed by atoms with Crippen LogP contribution < -0.4 is 10.5 Å². The van der Waals surface area contributed by atoms with Crippen molar-refractivity contribution in [2.24, 2.45) is 0 Å². The zero-order valence-corrected chi connectivity index (χ0v) is 8.15. The standard InChI is InChI=1S/C11H8F2N2O/c12-7-1-3-10(9(13)5-7)16-8-2-4-11(14)15-6-8/h1-6H,(H2,14,15). The zero-order chi connectivity index (χ0) is 11.5. The van der Waals surface area contributed by atoms with Crippen LogP contribution in [0.3, 0.4) is 0 Å². The third-order valence-corrected chi connectivity index (χ3v) is 1.88. The summed E-state index contributed by atoms with van der Waals surface area (Å²) in [4.78, 5) is 3.78. The molecule has 0 aliphatic heterocycles. The van der Waals surface area contributed by atoms with E-state index >= 15 is 0 Å². The van der Waals surface area contributed by atoms with Gasteiger partial charge in [-0.1, -0.05) is 0 Å². The van der Waals surface area contributed by atoms with E-state index in [0.717, 1.165) is 12.1 Å². The minimum atomic E-state index is -0.767. The molecule has 0 radical (unpaired) electrons. The Morgan fingerprint density at radius 3 is 2.56 bits per heavy atom. The third-order valence-electron chi connectivity index (χ3n) is 1.88. The van der Waals surface area contributed by atoms with Crippen LogP contribution in [0, 0.1) is 11.6 Å². The first kappa shape index (κ1) is 10.4. The second kappa shape index (κ2) is 4.14. The lowest BCUT2D eigenvalue weighted by molar-refractivity contribution is 0.436. The van der Waals surface area contributed by atoms with Crippen molar-refractivity contribution in [3.63, 3.8) is 0 Å². The van der Waals surface area contributed by atoms with Gasteiger partial charge in [-0.2, -0.15) is 0 Å². The summed E-state index contributed by atoms with van der Waals surface area (Å²) in [6.45, 7) is 0. The molecule has 1 heterocycles. The zero-order valence-electron chi connectivity index (χ0n) is 8.15. The lowest BCUT2D eigenvalue weighted by Crippen LogP contribution is -1.92. The lowest BCUT2D eigenvalue weighted by Gasteiger charge is -2.06. The van der Waals surface area contributed by atoms with Gasteiger partial charge in [0.2, 0.25) is 0 Å². The van der Waals surface area contributed by atoms with Gasteiger partial charge < -0.3 is 10.5 Å². The quantitative estimate of drug-likeness (QED) is 0.849. The van der Waals surface area contributed by atoms with Crippen LogP contribution in [-0.2, 0) is 0 Å². The van der Waals surface area contributed by atoms with E-state index in [2.05, 4.69) is 4.98 Å². The number of pyridine rings is 1. The van der Waals surface area contributed by atoms with E-state index in [4.69, 9.17) is 10.5 Å². The molecule has 5 heteroatoms. The largest absolute Gasteiger partial charge is 0.453 e. The van der Waals surface area contributed by atoms with Crippen LogP contribution in [0.4, 0.5) is 14.6 Å². The lowest BCUT2D eigenvalue weighted by atomic mass is 10.3. The van der Waals surface area contributed by atoms with Crippen molar-refractivity contribution in [3.8, 4) is 11.5 Å². The van der Waals surface area contributed by atoms with E-state index in [-0.39, 0.29) is 5.75 Å². The minimum Gasteiger partial charge on any atom is -0.453 e. The highest BCUT2D eigenvalue weighted by Gasteiger charge is 2.06. The van der Waals surface area contributed by atoms with E-state index in [1.165, 1.54) is 18.3 Å². The molecule has 2 aromatic rings. The maximum atomic E-state index is 13.2. The van der Waals surface area contributed by atoms with E-state index in [1.54, 1.807) is 6.07 Å². The monoisotopic (exact) mass is 222 g/mol. The number of hydrogen-bond donors (Lipinski definition) is 1. The van der Waals surface area contributed by atoms with Crippen molar-refractivity contribution >= 4 is 5.82 Å². The maximum Gasteiger partial charge on any atom is 0.168 e. The van der Waals surface area contributed by atoms with Crippen molar-refractivity contribution in [1.29, 1.82) is 0 Å². The molecular weight excluding hydrogens is 214 g/mol. The van der Waals surface area contributed by atoms with Gasteiger partial charge in [0.1, 0.15) is 17.4 Å². The first-order chi connectivity index (χ1) is 7.65. The van der Waals surface area contributed by atoms with Gasteiger partial charge in [-0.05, 0) is 24.3 Å². The first-order valence-electron chi connectivity index (χ1n) is 4.49. The number of ether oxygens (including phenoxy) is 1. The number of nitrogens with two attached hydrogens (primary N) is 1. The van der Waals surface area contributed by atoms with Gasteiger partial charge in [0.15, 0.2) is 11.6 Å². The third kappa shape index (κ3) is 2.25. The fraction of sp³-hybridized carbons (Fsp3) is 0. The molecule has 0 aliphatic rings. The molecule has 16 heavy (non-hydrogen) atoms. The van der Waals surface area contributed by atoms with Gasteiger partial charge in [0, 0.05) is 6.07 Å². The summed E-state index contributed by atoms with van der Waals surface area (Å²) in [6, 6.07) is 6.14. The molecule has 0 aliphatic carbocycles. The molecule has 0 unspecified atom stereocenters. The van der Waals surface area contributed by atoms with E-state index < -0.39 is 11.6 Å². The molecule has 0 saturated heterocycles. The van der Waals surface area contributed by atoms with Crippen LogP contribution in [0.1, 0.15) is 0 Å². The summed E-state index contributed by atoms with van der Waals surface area (Å²) in [7, 11) is 0. The summed E-state index contributed by atoms with van der Waals surface area (Å²) in [6.07, 6.45) is 1.36. The number of nitrogen functional groups attached to an aromatic ring is 1. The Morgan fingerprint density at radius 2 is 1.94 bits per heavy atom. The van der Waals surface area contributed by atoms with Crippen molar-refractivity contribution < 1.29 is 13.5 Å². The topological polar surface area (TPSA) is 48.1 Å². The molecular formula is C11H8F2N2O. The van der Waals surface area contributed by atoms with Gasteiger partial charge in [0.05, 0.1) is 6.20 Å². The summed E-state index contributed by atoms with van der Waals surface area (Å²) in [5.74, 6) is -0.809. The molecule has 0 saturated carbocycles. The fourth-order valence-electron chi connectivity index (χ4n) is 1.14. The molecule has 0 fully saturated rings. The van der Waals surface area contributed by atoms with Crippen molar-refractivity contribution in [3.05, 3.63) is 48.2 Å². The van der Waals surface area contributed by atoms with Gasteiger partial charge in [-0.3, -0.25) is 0 Å². The van der Waals surface area contributed by atoms with E-state index in [0.29, 0.717) is 11.6 Å². The number of rotatable bonds is 2. The second-order valence-electron chi connectivity index (χ2n) is 3.10. The van der Waals surface area contributed by atoms with Gasteiger partial charge in [-0.25, -0.2) is 13.8 Å². The SMILES string of the molecule is Nc1ccc(Oc2ccc(F)cc2F)cn1. The first-order valence-corrected chi connectivity index (χ1v) is 4.49. The molecule has 2 rings (SSSR count). The number of halogens is 2. The normalized spacial score (nSPS) is 10.1. The van der Waals surface area contributed by atoms with Crippen LogP contribution in [0.5, 0.6) is 11.5 Å². The molecule has 0 amide bonds. The Labute approximate surface area is 90.5 Å². The van der Waals surface area contributed by atoms with Gasteiger partial charge in [-0.15, -0.1) is 0 Å². The predicted octanol–water partition coefficient (Wildman–Crippen LogP) is 2.73. The Kier molecular flexibility index (Phi) is 2.68. The number of hydrogen-bond acceptors (Lipinski definition) is 3. The molecule has 1 aromatic carbocycles. The smallest absolute Gasteiger partial charge is 0.168 e. The van der Waals surface area contributed by atoms with Crippen LogP contribution in [0.25, 0.3) is 0 Å². The van der Waals surface area contributed by atoms with E-state index in [1.807, 2.05) is 0 Å². The van der Waals surface area contributed by atoms with Crippen molar-refractivity contribution in [2.45, 2.75) is 0 Å². The van der Waals surface area contributed by atoms with Gasteiger partial charge in [0.25, 0.3) is 0 Å². The Balaban J connectivity index is 2.23. The van der Waals surface area contributed by atoms with Crippen LogP contribution in [0.2, 0.25) is 0 Å². The predicted molar refractivity (Wildman–Crippen MR) is 55.1 cm³/mol. The number of nitrogens with zero attached hydrogens (tertiary/aromatic N) is 1. The van der Waals surface area contributed by atoms with Crippen molar-refractivity contribution in [2.75, 3.05) is 5.73 Å². The molecule has 3 nitrogen and oxygen atoms in total. The average molecular weight is 222 g/mol. The number of benzene rings is 1. The Hall–Kier alpha value is -2.17. The highest BCUT2D eigenvalue weighted by molar-refractivity contribution is 5.35. The van der Waals surface area contributed by atoms with Crippen molar-refractivity contribution in [1.82, 2.24) is 4.98 Å². The molecule has 0 bridgehead atoms. The van der Waals surface area contributed by atoms with Crippen LogP contribution >= 0.6 is 0 Å². The summed E-state index contributed by atoms with van der Waals surface area (Å²) in [5, 5.41) is 0. The van der Waals surface area contributed by atoms with Crippen LogP contribution in [-0.4, -0.2) is 4.98 Å². The molecule has 0 spiro atoms. The van der Waals surface area contributed by atoms with Gasteiger partial charge >= 0.3 is 0 Å². The average Bonchev–Trinajstić information content (AvgIpc) is 2.25. The maximum absolute atomic E-state index is 13.2. The van der Waals surface area contributed by atoms with Crippen LogP contribution in [0.15, 0.2) is 36.5 Å². The summed E-state index contributed by atoms with van der Waals surface area (Å²) >= 11 is 0. The Morgan fingerprint density at radius 1 is 1.12 bits per heavy atom. The van der Waals surface area contributed by atoms with E-state index in [9.17, 15) is 8.78 Å². The number of anilines is 1. The highest BCUT2D eigenvalue weighted by atomic mass is 19.1. The second-order valence-corrected chi connectivity index (χ2v) is 3.10. The molecule has 2 N–H and O–H groups in total. The minimum absolute atomic E-state index is 0.0621. The highest BCUT2D eigenvalue weighted by Crippen LogP contribution is 2.24. The summed E-state index contributed by atoms with van der Waals surface area (Å²) in [5.41, 5.74) is 5.38. The molecule has 0 atom stereocenters. The Bertz CT molecular complexity index is 500. The summed E-state index contributed by atoms with van der Waals surface area (Å²) < 4.78 is 31.0. The molecule has 82 valence electrons. The molecule has 1 aromatic heterocycles. The number of aromatic nitrogens is 1. The fourth-order valence-corrected chi connectivity index (χ4v) is 1.14.